The summed E-state index contributed by atoms with van der Waals surface area (Å²) in [5.41, 5.74) is 8.74. The van der Waals surface area contributed by atoms with Crippen LogP contribution in [-0.4, -0.2) is 31.3 Å². The average Bonchev–Trinajstić information content (AvgIpc) is 2.64. The monoisotopic (exact) mass is 225 g/mol. The summed E-state index contributed by atoms with van der Waals surface area (Å²) in [5.74, 6) is 1.61. The molecule has 15 heavy (non-hydrogen) atoms. The van der Waals surface area contributed by atoms with Crippen LogP contribution in [0.2, 0.25) is 0 Å². The lowest BCUT2D eigenvalue weighted by molar-refractivity contribution is 0.716. The molecule has 2 N–H and O–H groups in total. The minimum atomic E-state index is 0.579. The summed E-state index contributed by atoms with van der Waals surface area (Å²) in [6.45, 7) is 2.83. The van der Waals surface area contributed by atoms with Crippen LogP contribution in [-0.2, 0) is 13.6 Å². The maximum Gasteiger partial charge on any atom is 0.202 e. The molecule has 0 radical (unpaired) electrons. The van der Waals surface area contributed by atoms with Crippen molar-refractivity contribution in [1.82, 2.24) is 19.3 Å². The molecular formula is C9H15N5S. The topological polar surface area (TPSA) is 61.7 Å². The first-order chi connectivity index (χ1) is 7.15. The molecule has 0 saturated heterocycles. The molecule has 2 aromatic rings. The van der Waals surface area contributed by atoms with Crippen molar-refractivity contribution in [3.05, 3.63) is 5.69 Å². The van der Waals surface area contributed by atoms with E-state index in [1.807, 2.05) is 23.2 Å². The Bertz CT molecular complexity index is 484. The van der Waals surface area contributed by atoms with Crippen molar-refractivity contribution in [2.75, 3.05) is 17.7 Å². The Hall–Kier alpha value is -1.17. The van der Waals surface area contributed by atoms with E-state index in [2.05, 4.69) is 16.3 Å². The zero-order valence-electron chi connectivity index (χ0n) is 9.19. The van der Waals surface area contributed by atoms with E-state index in [4.69, 9.17) is 5.73 Å². The van der Waals surface area contributed by atoms with Gasteiger partial charge in [-0.1, -0.05) is 0 Å². The smallest absolute Gasteiger partial charge is 0.202 e. The van der Waals surface area contributed by atoms with Gasteiger partial charge in [0, 0.05) is 19.3 Å². The number of hydrogen-bond acceptors (Lipinski definition) is 4. The third kappa shape index (κ3) is 1.58. The number of fused-ring (bicyclic) bond motifs is 1. The van der Waals surface area contributed by atoms with Crippen LogP contribution in [0.3, 0.4) is 0 Å². The van der Waals surface area contributed by atoms with Crippen LogP contribution in [0.4, 0.5) is 5.95 Å². The van der Waals surface area contributed by atoms with Gasteiger partial charge in [0.15, 0.2) is 5.65 Å². The summed E-state index contributed by atoms with van der Waals surface area (Å²) in [7, 11) is 1.92. The fourth-order valence-corrected chi connectivity index (χ4v) is 2.12. The van der Waals surface area contributed by atoms with Gasteiger partial charge in [-0.25, -0.2) is 4.98 Å². The van der Waals surface area contributed by atoms with Gasteiger partial charge in [-0.05, 0) is 13.2 Å². The number of nitrogens with zero attached hydrogens (tertiary/aromatic N) is 4. The number of aryl methyl sites for hydroxylation is 3. The number of imidazole rings is 1. The molecule has 82 valence electrons. The van der Waals surface area contributed by atoms with Gasteiger partial charge in [-0.2, -0.15) is 16.9 Å². The molecule has 0 amide bonds. The Labute approximate surface area is 92.6 Å². The third-order valence-corrected chi connectivity index (χ3v) is 3.03. The van der Waals surface area contributed by atoms with E-state index >= 15 is 0 Å². The quantitative estimate of drug-likeness (QED) is 0.847. The van der Waals surface area contributed by atoms with Crippen LogP contribution in [0.5, 0.6) is 0 Å². The Balaban J connectivity index is 2.55. The zero-order chi connectivity index (χ0) is 11.0. The third-order valence-electron chi connectivity index (χ3n) is 2.44. The molecule has 2 aromatic heterocycles. The summed E-state index contributed by atoms with van der Waals surface area (Å²) >= 11 is 1.80. The highest BCUT2D eigenvalue weighted by molar-refractivity contribution is 7.98. The maximum absolute atomic E-state index is 5.88. The van der Waals surface area contributed by atoms with Crippen LogP contribution in [0, 0.1) is 6.92 Å². The summed E-state index contributed by atoms with van der Waals surface area (Å²) < 4.78 is 3.86. The van der Waals surface area contributed by atoms with Crippen molar-refractivity contribution in [2.24, 2.45) is 7.05 Å². The molecular weight excluding hydrogens is 210 g/mol. The van der Waals surface area contributed by atoms with Crippen molar-refractivity contribution in [2.45, 2.75) is 13.5 Å². The van der Waals surface area contributed by atoms with Gasteiger partial charge in [0.25, 0.3) is 0 Å². The van der Waals surface area contributed by atoms with Crippen LogP contribution in [0.15, 0.2) is 0 Å². The minimum Gasteiger partial charge on any atom is -0.369 e. The first-order valence-corrected chi connectivity index (χ1v) is 6.18. The second-order valence-electron chi connectivity index (χ2n) is 3.50. The normalized spacial score (nSPS) is 11.4. The Morgan fingerprint density at radius 2 is 2.20 bits per heavy atom. The fraction of sp³-hybridized carbons (Fsp3) is 0.556. The molecule has 0 spiro atoms. The van der Waals surface area contributed by atoms with E-state index in [1.165, 1.54) is 0 Å². The zero-order valence-corrected chi connectivity index (χ0v) is 10.0. The van der Waals surface area contributed by atoms with Gasteiger partial charge in [0.2, 0.25) is 5.95 Å². The second kappa shape index (κ2) is 3.77. The largest absolute Gasteiger partial charge is 0.369 e. The molecule has 0 aliphatic heterocycles. The molecule has 0 aliphatic rings. The van der Waals surface area contributed by atoms with Crippen LogP contribution >= 0.6 is 11.8 Å². The van der Waals surface area contributed by atoms with Gasteiger partial charge in [-0.15, -0.1) is 0 Å². The number of thioether (sulfide) groups is 1. The predicted octanol–water partition coefficient (Wildman–Crippen LogP) is 1.02. The Morgan fingerprint density at radius 1 is 1.47 bits per heavy atom. The molecule has 0 fully saturated rings. The van der Waals surface area contributed by atoms with E-state index in [0.29, 0.717) is 5.95 Å². The van der Waals surface area contributed by atoms with Crippen molar-refractivity contribution in [3.63, 3.8) is 0 Å². The predicted molar refractivity (Wildman–Crippen MR) is 64.0 cm³/mol. The van der Waals surface area contributed by atoms with Crippen molar-refractivity contribution in [1.29, 1.82) is 0 Å². The Morgan fingerprint density at radius 3 is 2.87 bits per heavy atom. The molecule has 0 bridgehead atoms. The number of anilines is 1. The SMILES string of the molecule is CSCCn1c(N)nc2c(C)nn(C)c21. The second-order valence-corrected chi connectivity index (χ2v) is 4.48. The van der Waals surface area contributed by atoms with Crippen LogP contribution in [0.1, 0.15) is 5.69 Å². The number of hydrogen-bond donors (Lipinski definition) is 1. The van der Waals surface area contributed by atoms with Gasteiger partial charge in [0.05, 0.1) is 5.69 Å². The highest BCUT2D eigenvalue weighted by Crippen LogP contribution is 2.20. The summed E-state index contributed by atoms with van der Waals surface area (Å²) in [6.07, 6.45) is 2.08. The van der Waals surface area contributed by atoms with E-state index in [1.54, 1.807) is 11.8 Å². The Kier molecular flexibility index (Phi) is 2.60. The van der Waals surface area contributed by atoms with Crippen LogP contribution in [0.25, 0.3) is 11.2 Å². The van der Waals surface area contributed by atoms with E-state index in [0.717, 1.165) is 29.2 Å². The molecule has 0 aliphatic carbocycles. The molecule has 5 nitrogen and oxygen atoms in total. The average molecular weight is 225 g/mol. The molecule has 0 aromatic carbocycles. The number of nitrogen functional groups attached to an aromatic ring is 1. The lowest BCUT2D eigenvalue weighted by Crippen LogP contribution is -2.08. The van der Waals surface area contributed by atoms with Gasteiger partial charge < -0.3 is 5.73 Å². The van der Waals surface area contributed by atoms with Gasteiger partial charge >= 0.3 is 0 Å². The molecule has 2 rings (SSSR count). The molecule has 0 saturated carbocycles. The lowest BCUT2D eigenvalue weighted by Gasteiger charge is -2.04. The summed E-state index contributed by atoms with van der Waals surface area (Å²) in [4.78, 5) is 4.33. The standard InChI is InChI=1S/C9H15N5S/c1-6-7-8(13(2)12-6)14(4-5-15-3)9(10)11-7/h4-5H2,1-3H3,(H2,10,11). The number of rotatable bonds is 3. The fourth-order valence-electron chi connectivity index (χ4n) is 1.75. The van der Waals surface area contributed by atoms with E-state index in [9.17, 15) is 0 Å². The lowest BCUT2D eigenvalue weighted by atomic mass is 10.4. The molecule has 2 heterocycles. The molecule has 0 atom stereocenters. The van der Waals surface area contributed by atoms with Crippen molar-refractivity contribution < 1.29 is 0 Å². The molecule has 0 unspecified atom stereocenters. The number of aromatic nitrogens is 4. The van der Waals surface area contributed by atoms with Crippen molar-refractivity contribution >= 4 is 28.9 Å². The maximum atomic E-state index is 5.88. The van der Waals surface area contributed by atoms with E-state index in [-0.39, 0.29) is 0 Å². The van der Waals surface area contributed by atoms with Crippen LogP contribution < -0.4 is 5.73 Å². The first kappa shape index (κ1) is 10.4. The van der Waals surface area contributed by atoms with Crippen molar-refractivity contribution in [3.8, 4) is 0 Å². The highest BCUT2D eigenvalue weighted by Gasteiger charge is 2.14. The summed E-state index contributed by atoms with van der Waals surface area (Å²) in [6, 6.07) is 0. The number of nitrogens with two attached hydrogens (primary N) is 1. The first-order valence-electron chi connectivity index (χ1n) is 4.79. The van der Waals surface area contributed by atoms with Gasteiger partial charge in [0.1, 0.15) is 5.52 Å². The van der Waals surface area contributed by atoms with Gasteiger partial charge in [-0.3, -0.25) is 9.25 Å². The summed E-state index contributed by atoms with van der Waals surface area (Å²) in [5, 5.41) is 4.33. The highest BCUT2D eigenvalue weighted by atomic mass is 32.2. The minimum absolute atomic E-state index is 0.579. The van der Waals surface area contributed by atoms with E-state index < -0.39 is 0 Å². The molecule has 6 heteroatoms.